The Balaban J connectivity index is 2.14. The van der Waals surface area contributed by atoms with E-state index in [-0.39, 0.29) is 12.1 Å². The Morgan fingerprint density at radius 3 is 2.42 bits per heavy atom. The number of nitrogens with zero attached hydrogens (tertiary/aromatic N) is 2. The molecule has 1 atom stereocenters. The summed E-state index contributed by atoms with van der Waals surface area (Å²) in [7, 11) is 0. The number of nitrogens with one attached hydrogen (secondary N) is 1. The van der Waals surface area contributed by atoms with Crippen molar-refractivity contribution in [1.82, 2.24) is 4.90 Å². The van der Waals surface area contributed by atoms with Gasteiger partial charge >= 0.3 is 6.03 Å². The van der Waals surface area contributed by atoms with Crippen LogP contribution in [0.25, 0.3) is 0 Å². The third kappa shape index (κ3) is 4.19. The summed E-state index contributed by atoms with van der Waals surface area (Å²) >= 11 is 11.9. The van der Waals surface area contributed by atoms with E-state index < -0.39 is 0 Å². The Labute approximate surface area is 151 Å². The fourth-order valence-corrected chi connectivity index (χ4v) is 2.68. The van der Waals surface area contributed by atoms with E-state index in [1.807, 2.05) is 26.0 Å². The van der Waals surface area contributed by atoms with Crippen LogP contribution in [0.5, 0.6) is 0 Å². The van der Waals surface area contributed by atoms with Crippen molar-refractivity contribution >= 4 is 34.9 Å². The van der Waals surface area contributed by atoms with Crippen LogP contribution in [-0.4, -0.2) is 17.5 Å². The highest BCUT2D eigenvalue weighted by molar-refractivity contribution is 6.42. The van der Waals surface area contributed by atoms with Gasteiger partial charge in [-0.15, -0.1) is 0 Å². The van der Waals surface area contributed by atoms with Crippen LogP contribution in [-0.2, 0) is 0 Å². The molecule has 2 amide bonds. The predicted octanol–water partition coefficient (Wildman–Crippen LogP) is 5.48. The lowest BCUT2D eigenvalue weighted by Gasteiger charge is -2.28. The highest BCUT2D eigenvalue weighted by Crippen LogP contribution is 2.26. The average molecular weight is 362 g/mol. The van der Waals surface area contributed by atoms with Gasteiger partial charge in [-0.2, -0.15) is 5.26 Å². The molecule has 4 nitrogen and oxygen atoms in total. The van der Waals surface area contributed by atoms with Gasteiger partial charge in [-0.3, -0.25) is 0 Å². The summed E-state index contributed by atoms with van der Waals surface area (Å²) in [6, 6.07) is 13.9. The van der Waals surface area contributed by atoms with E-state index in [1.54, 1.807) is 35.2 Å². The first-order valence-electron chi connectivity index (χ1n) is 7.49. The molecule has 124 valence electrons. The van der Waals surface area contributed by atoms with E-state index in [0.29, 0.717) is 27.8 Å². The Kier molecular flexibility index (Phi) is 6.08. The molecule has 0 aliphatic heterocycles. The largest absolute Gasteiger partial charge is 0.322 e. The molecule has 2 rings (SSSR count). The molecule has 0 radical (unpaired) electrons. The number of halogens is 2. The highest BCUT2D eigenvalue weighted by atomic mass is 35.5. The van der Waals surface area contributed by atoms with E-state index in [1.165, 1.54) is 0 Å². The van der Waals surface area contributed by atoms with Gasteiger partial charge in [0.1, 0.15) is 0 Å². The molecule has 0 aliphatic rings. The maximum absolute atomic E-state index is 12.6. The zero-order valence-corrected chi connectivity index (χ0v) is 14.9. The Morgan fingerprint density at radius 2 is 1.88 bits per heavy atom. The van der Waals surface area contributed by atoms with E-state index >= 15 is 0 Å². The second-order valence-electron chi connectivity index (χ2n) is 5.25. The fraction of sp³-hybridized carbons (Fsp3) is 0.222. The lowest BCUT2D eigenvalue weighted by atomic mass is 10.1. The molecule has 0 aliphatic carbocycles. The van der Waals surface area contributed by atoms with E-state index in [0.717, 1.165) is 5.56 Å². The van der Waals surface area contributed by atoms with Crippen molar-refractivity contribution in [3.63, 3.8) is 0 Å². The van der Waals surface area contributed by atoms with Gasteiger partial charge in [-0.1, -0.05) is 35.3 Å². The SMILES string of the molecule is CCN(C(=O)Nc1ccc(Cl)c(Cl)c1)C(C)c1ccc(C#N)cc1. The van der Waals surface area contributed by atoms with Crippen molar-refractivity contribution in [3.8, 4) is 6.07 Å². The number of benzene rings is 2. The summed E-state index contributed by atoms with van der Waals surface area (Å²) in [4.78, 5) is 14.3. The highest BCUT2D eigenvalue weighted by Gasteiger charge is 2.20. The number of nitriles is 1. The second kappa shape index (κ2) is 8.05. The number of hydrogen-bond acceptors (Lipinski definition) is 2. The van der Waals surface area contributed by atoms with Crippen molar-refractivity contribution in [2.45, 2.75) is 19.9 Å². The molecule has 24 heavy (non-hydrogen) atoms. The summed E-state index contributed by atoms with van der Waals surface area (Å²) in [5.74, 6) is 0. The zero-order valence-electron chi connectivity index (χ0n) is 13.4. The van der Waals surface area contributed by atoms with E-state index in [9.17, 15) is 4.79 Å². The number of anilines is 1. The summed E-state index contributed by atoms with van der Waals surface area (Å²) in [5.41, 5.74) is 2.13. The molecular weight excluding hydrogens is 345 g/mol. The molecule has 1 unspecified atom stereocenters. The summed E-state index contributed by atoms with van der Waals surface area (Å²) < 4.78 is 0. The third-order valence-corrected chi connectivity index (χ3v) is 4.50. The van der Waals surface area contributed by atoms with Gasteiger partial charge in [0, 0.05) is 12.2 Å². The van der Waals surface area contributed by atoms with Crippen LogP contribution < -0.4 is 5.32 Å². The maximum Gasteiger partial charge on any atom is 0.322 e. The average Bonchev–Trinajstić information content (AvgIpc) is 2.58. The first kappa shape index (κ1) is 18.1. The zero-order chi connectivity index (χ0) is 17.7. The van der Waals surface area contributed by atoms with Crippen molar-refractivity contribution in [1.29, 1.82) is 5.26 Å². The minimum atomic E-state index is -0.229. The van der Waals surface area contributed by atoms with Crippen LogP contribution in [0, 0.1) is 11.3 Å². The van der Waals surface area contributed by atoms with Gasteiger partial charge < -0.3 is 10.2 Å². The van der Waals surface area contributed by atoms with E-state index in [2.05, 4.69) is 11.4 Å². The minimum absolute atomic E-state index is 0.134. The molecule has 0 fully saturated rings. The van der Waals surface area contributed by atoms with Gasteiger partial charge in [0.05, 0.1) is 27.7 Å². The summed E-state index contributed by atoms with van der Waals surface area (Å²) in [6.45, 7) is 4.39. The minimum Gasteiger partial charge on any atom is -0.318 e. The van der Waals surface area contributed by atoms with Gasteiger partial charge in [0.15, 0.2) is 0 Å². The molecule has 0 spiro atoms. The van der Waals surface area contributed by atoms with Crippen LogP contribution in [0.4, 0.5) is 10.5 Å². The van der Waals surface area contributed by atoms with Gasteiger partial charge in [0.2, 0.25) is 0 Å². The van der Waals surface area contributed by atoms with Gasteiger partial charge in [-0.05, 0) is 49.7 Å². The molecule has 0 aromatic heterocycles. The molecule has 0 saturated carbocycles. The molecule has 2 aromatic rings. The predicted molar refractivity (Wildman–Crippen MR) is 97.4 cm³/mol. The molecule has 2 aromatic carbocycles. The van der Waals surface area contributed by atoms with Crippen LogP contribution in [0.2, 0.25) is 10.0 Å². The van der Waals surface area contributed by atoms with Crippen LogP contribution >= 0.6 is 23.2 Å². The standard InChI is InChI=1S/C18H17Cl2N3O/c1-3-23(12(2)14-6-4-13(11-21)5-7-14)18(24)22-15-8-9-16(19)17(20)10-15/h4-10,12H,3H2,1-2H3,(H,22,24). The van der Waals surface area contributed by atoms with Crippen LogP contribution in [0.15, 0.2) is 42.5 Å². The molecule has 6 heteroatoms. The van der Waals surface area contributed by atoms with Gasteiger partial charge in [0.25, 0.3) is 0 Å². The summed E-state index contributed by atoms with van der Waals surface area (Å²) in [5, 5.41) is 12.5. The quantitative estimate of drug-likeness (QED) is 0.783. The summed E-state index contributed by atoms with van der Waals surface area (Å²) in [6.07, 6.45) is 0. The fourth-order valence-electron chi connectivity index (χ4n) is 2.38. The lowest BCUT2D eigenvalue weighted by molar-refractivity contribution is 0.197. The molecule has 0 saturated heterocycles. The molecule has 0 bridgehead atoms. The monoisotopic (exact) mass is 361 g/mol. The number of carbonyl (C=O) groups is 1. The normalized spacial score (nSPS) is 11.5. The van der Waals surface area contributed by atoms with Crippen molar-refractivity contribution in [2.75, 3.05) is 11.9 Å². The number of urea groups is 1. The first-order valence-corrected chi connectivity index (χ1v) is 8.24. The third-order valence-electron chi connectivity index (χ3n) is 3.76. The second-order valence-corrected chi connectivity index (χ2v) is 6.07. The van der Waals surface area contributed by atoms with Crippen LogP contribution in [0.1, 0.15) is 31.0 Å². The number of amides is 2. The molecular formula is C18H17Cl2N3O. The van der Waals surface area contributed by atoms with Crippen molar-refractivity contribution in [3.05, 3.63) is 63.6 Å². The Bertz CT molecular complexity index is 769. The van der Waals surface area contributed by atoms with E-state index in [4.69, 9.17) is 28.5 Å². The smallest absolute Gasteiger partial charge is 0.318 e. The number of rotatable bonds is 4. The van der Waals surface area contributed by atoms with Gasteiger partial charge in [-0.25, -0.2) is 4.79 Å². The maximum atomic E-state index is 12.6. The first-order chi connectivity index (χ1) is 11.5. The van der Waals surface area contributed by atoms with Crippen molar-refractivity contribution in [2.24, 2.45) is 0 Å². The molecule has 1 N–H and O–H groups in total. The topological polar surface area (TPSA) is 56.1 Å². The van der Waals surface area contributed by atoms with Crippen molar-refractivity contribution < 1.29 is 4.79 Å². The lowest BCUT2D eigenvalue weighted by Crippen LogP contribution is -2.36. The Morgan fingerprint density at radius 1 is 1.21 bits per heavy atom. The van der Waals surface area contributed by atoms with Crippen LogP contribution in [0.3, 0.4) is 0 Å². The Hall–Kier alpha value is -2.22. The molecule has 0 heterocycles. The number of carbonyl (C=O) groups excluding carboxylic acids is 1. The number of hydrogen-bond donors (Lipinski definition) is 1.